The lowest BCUT2D eigenvalue weighted by atomic mass is 9.84. The number of hydrogen-bond donors (Lipinski definition) is 0. The predicted molar refractivity (Wildman–Crippen MR) is 116 cm³/mol. The molecule has 0 spiro atoms. The van der Waals surface area contributed by atoms with E-state index in [0.717, 1.165) is 38.8 Å². The van der Waals surface area contributed by atoms with Crippen LogP contribution in [0.3, 0.4) is 0 Å². The first-order valence-corrected chi connectivity index (χ1v) is 11.8. The summed E-state index contributed by atoms with van der Waals surface area (Å²) in [6, 6.07) is 5.17. The molecule has 4 fully saturated rings. The van der Waals surface area contributed by atoms with Crippen LogP contribution in [-0.2, 0) is 20.9 Å². The molecule has 0 radical (unpaired) electrons. The first kappa shape index (κ1) is 20.9. The summed E-state index contributed by atoms with van der Waals surface area (Å²) in [6.45, 7) is 2.32. The summed E-state index contributed by atoms with van der Waals surface area (Å²) in [6.07, 6.45) is 9.06. The molecule has 168 valence electrons. The minimum atomic E-state index is -0.0957. The average molecular weight is 427 g/mol. The van der Waals surface area contributed by atoms with E-state index in [1.807, 2.05) is 36.2 Å². The molecular weight excluding hydrogens is 392 g/mol. The standard InChI is InChI=1S/C24H34N4O3/c1-26(18-5-6-18)22(29)10-17-14-28(13-16-4-3-9-25-12-16)20-15-31-21(24(17)20)11-23(30)27(2)19-7-8-19/h3-4,9,12,17-21,24H,5-8,10-11,13-15H2,1-2H3/t17-,20-,21+,24-/m1/s1. The van der Waals surface area contributed by atoms with Gasteiger partial charge in [0.2, 0.25) is 11.8 Å². The fourth-order valence-electron chi connectivity index (χ4n) is 5.54. The van der Waals surface area contributed by atoms with Gasteiger partial charge in [-0.2, -0.15) is 0 Å². The minimum absolute atomic E-state index is 0.0957. The van der Waals surface area contributed by atoms with E-state index in [-0.39, 0.29) is 35.8 Å². The summed E-state index contributed by atoms with van der Waals surface area (Å²) in [5, 5.41) is 0. The number of rotatable bonds is 8. The molecule has 0 unspecified atom stereocenters. The highest BCUT2D eigenvalue weighted by atomic mass is 16.5. The van der Waals surface area contributed by atoms with Gasteiger partial charge in [0, 0.05) is 70.0 Å². The van der Waals surface area contributed by atoms with Gasteiger partial charge in [0.15, 0.2) is 0 Å². The highest BCUT2D eigenvalue weighted by Gasteiger charge is 2.52. The Morgan fingerprint density at radius 1 is 1.10 bits per heavy atom. The van der Waals surface area contributed by atoms with Crippen molar-refractivity contribution in [2.24, 2.45) is 11.8 Å². The van der Waals surface area contributed by atoms with Crippen LogP contribution in [0.15, 0.2) is 24.5 Å². The number of likely N-dealkylation sites (tertiary alicyclic amines) is 1. The van der Waals surface area contributed by atoms with Crippen LogP contribution in [0.4, 0.5) is 0 Å². The van der Waals surface area contributed by atoms with E-state index in [9.17, 15) is 9.59 Å². The topological polar surface area (TPSA) is 66.0 Å². The van der Waals surface area contributed by atoms with Crippen LogP contribution in [0.25, 0.3) is 0 Å². The molecule has 1 aromatic heterocycles. The Kier molecular flexibility index (Phi) is 5.73. The molecule has 2 aliphatic heterocycles. The minimum Gasteiger partial charge on any atom is -0.376 e. The van der Waals surface area contributed by atoms with Gasteiger partial charge >= 0.3 is 0 Å². The van der Waals surface area contributed by atoms with Crippen molar-refractivity contribution in [3.05, 3.63) is 30.1 Å². The van der Waals surface area contributed by atoms with E-state index in [2.05, 4.69) is 16.0 Å². The number of pyridine rings is 1. The number of ether oxygens (including phenoxy) is 1. The second kappa shape index (κ2) is 8.51. The number of amides is 2. The van der Waals surface area contributed by atoms with Gasteiger partial charge in [-0.1, -0.05) is 6.07 Å². The van der Waals surface area contributed by atoms with Gasteiger partial charge in [0.1, 0.15) is 0 Å². The average Bonchev–Trinajstić information content (AvgIpc) is 3.69. The van der Waals surface area contributed by atoms with Crippen LogP contribution < -0.4 is 0 Å². The summed E-state index contributed by atoms with van der Waals surface area (Å²) in [5.74, 6) is 0.868. The molecule has 4 aliphatic rings. The zero-order valence-electron chi connectivity index (χ0n) is 18.7. The molecule has 7 heteroatoms. The largest absolute Gasteiger partial charge is 0.376 e. The van der Waals surface area contributed by atoms with Gasteiger partial charge in [-0.05, 0) is 43.2 Å². The maximum atomic E-state index is 13.0. The molecule has 5 rings (SSSR count). The van der Waals surface area contributed by atoms with Crippen LogP contribution in [0.5, 0.6) is 0 Å². The predicted octanol–water partition coefficient (Wildman–Crippen LogP) is 1.92. The maximum Gasteiger partial charge on any atom is 0.225 e. The van der Waals surface area contributed by atoms with Crippen molar-refractivity contribution in [1.29, 1.82) is 0 Å². The lowest BCUT2D eigenvalue weighted by molar-refractivity contribution is -0.133. The summed E-state index contributed by atoms with van der Waals surface area (Å²) in [5.41, 5.74) is 1.18. The summed E-state index contributed by atoms with van der Waals surface area (Å²) >= 11 is 0. The highest BCUT2D eigenvalue weighted by molar-refractivity contribution is 5.78. The maximum absolute atomic E-state index is 13.0. The molecule has 2 saturated heterocycles. The number of carbonyl (C=O) groups excluding carboxylic acids is 2. The van der Waals surface area contributed by atoms with Crippen molar-refractivity contribution in [3.8, 4) is 0 Å². The Balaban J connectivity index is 1.30. The molecule has 2 amide bonds. The molecule has 31 heavy (non-hydrogen) atoms. The smallest absolute Gasteiger partial charge is 0.225 e. The van der Waals surface area contributed by atoms with Crippen molar-refractivity contribution in [2.45, 2.75) is 69.3 Å². The summed E-state index contributed by atoms with van der Waals surface area (Å²) in [7, 11) is 3.86. The fraction of sp³-hybridized carbons (Fsp3) is 0.708. The van der Waals surface area contributed by atoms with E-state index < -0.39 is 0 Å². The van der Waals surface area contributed by atoms with Gasteiger partial charge in [-0.25, -0.2) is 0 Å². The molecule has 1 aromatic rings. The first-order chi connectivity index (χ1) is 15.0. The van der Waals surface area contributed by atoms with Gasteiger partial charge in [-0.3, -0.25) is 19.5 Å². The summed E-state index contributed by atoms with van der Waals surface area (Å²) < 4.78 is 6.21. The number of hydrogen-bond acceptors (Lipinski definition) is 5. The molecule has 0 aromatic carbocycles. The van der Waals surface area contributed by atoms with E-state index in [0.29, 0.717) is 31.5 Å². The first-order valence-electron chi connectivity index (χ1n) is 11.8. The molecule has 2 saturated carbocycles. The number of carbonyl (C=O) groups is 2. The van der Waals surface area contributed by atoms with Crippen LogP contribution in [0.1, 0.15) is 44.1 Å². The third kappa shape index (κ3) is 4.48. The van der Waals surface area contributed by atoms with Crippen molar-refractivity contribution in [3.63, 3.8) is 0 Å². The van der Waals surface area contributed by atoms with Crippen LogP contribution >= 0.6 is 0 Å². The Morgan fingerprint density at radius 2 is 1.77 bits per heavy atom. The van der Waals surface area contributed by atoms with Crippen LogP contribution in [0.2, 0.25) is 0 Å². The van der Waals surface area contributed by atoms with Gasteiger partial charge < -0.3 is 14.5 Å². The number of aromatic nitrogens is 1. The van der Waals surface area contributed by atoms with Gasteiger partial charge in [0.25, 0.3) is 0 Å². The lowest BCUT2D eigenvalue weighted by Crippen LogP contribution is -2.37. The van der Waals surface area contributed by atoms with E-state index >= 15 is 0 Å². The quantitative estimate of drug-likeness (QED) is 0.635. The lowest BCUT2D eigenvalue weighted by Gasteiger charge is -2.26. The van der Waals surface area contributed by atoms with E-state index in [1.54, 1.807) is 6.20 Å². The third-order valence-electron chi connectivity index (χ3n) is 7.73. The van der Waals surface area contributed by atoms with Crippen molar-refractivity contribution in [1.82, 2.24) is 19.7 Å². The number of fused-ring (bicyclic) bond motifs is 1. The molecule has 3 heterocycles. The molecular formula is C24H34N4O3. The highest BCUT2D eigenvalue weighted by Crippen LogP contribution is 2.43. The van der Waals surface area contributed by atoms with Crippen LogP contribution in [0, 0.1) is 11.8 Å². The molecule has 7 nitrogen and oxygen atoms in total. The van der Waals surface area contributed by atoms with Crippen molar-refractivity contribution >= 4 is 11.8 Å². The second-order valence-electron chi connectivity index (χ2n) is 9.95. The fourth-order valence-corrected chi connectivity index (χ4v) is 5.54. The summed E-state index contributed by atoms with van der Waals surface area (Å²) in [4.78, 5) is 36.3. The SMILES string of the molecule is CN(C(=O)C[C@@H]1CN(Cc2cccnc2)[C@@H]2CO[C@@H](CC(=O)N(C)C3CC3)[C@H]12)C1CC1. The van der Waals surface area contributed by atoms with E-state index in [1.165, 1.54) is 5.56 Å². The normalized spacial score (nSPS) is 30.3. The Hall–Kier alpha value is -1.99. The second-order valence-corrected chi connectivity index (χ2v) is 9.95. The zero-order chi connectivity index (χ0) is 21.5. The Bertz CT molecular complexity index is 810. The monoisotopic (exact) mass is 426 g/mol. The van der Waals surface area contributed by atoms with E-state index in [4.69, 9.17) is 4.74 Å². The van der Waals surface area contributed by atoms with Gasteiger partial charge in [0.05, 0.1) is 19.1 Å². The van der Waals surface area contributed by atoms with Crippen LogP contribution in [-0.4, -0.2) is 83.0 Å². The molecule has 4 atom stereocenters. The van der Waals surface area contributed by atoms with Crippen molar-refractivity contribution < 1.29 is 14.3 Å². The molecule has 0 bridgehead atoms. The van der Waals surface area contributed by atoms with Gasteiger partial charge in [-0.15, -0.1) is 0 Å². The molecule has 2 aliphatic carbocycles. The zero-order valence-corrected chi connectivity index (χ0v) is 18.7. The Labute approximate surface area is 184 Å². The van der Waals surface area contributed by atoms with Crippen molar-refractivity contribution in [2.75, 3.05) is 27.2 Å². The third-order valence-corrected chi connectivity index (χ3v) is 7.73. The Morgan fingerprint density at radius 3 is 2.39 bits per heavy atom. The molecule has 0 N–H and O–H groups in total. The number of nitrogens with zero attached hydrogens (tertiary/aromatic N) is 4.